The number of nitro groups is 1. The number of pyridine rings is 1. The van der Waals surface area contributed by atoms with Crippen LogP contribution in [-0.4, -0.2) is 16.5 Å². The zero-order valence-electron chi connectivity index (χ0n) is 11.3. The van der Waals surface area contributed by atoms with Crippen molar-refractivity contribution in [3.05, 3.63) is 70.0 Å². The molecule has 0 aliphatic carbocycles. The predicted octanol–water partition coefficient (Wildman–Crippen LogP) is 2.45. The van der Waals surface area contributed by atoms with Crippen LogP contribution in [0.25, 0.3) is 0 Å². The molecule has 2 rings (SSSR count). The first-order chi connectivity index (χ1) is 9.57. The molecule has 0 aliphatic rings. The molecular weight excluding hydrogens is 254 g/mol. The third-order valence-electron chi connectivity index (χ3n) is 3.55. The fourth-order valence-corrected chi connectivity index (χ4v) is 2.37. The van der Waals surface area contributed by atoms with Gasteiger partial charge in [-0.1, -0.05) is 25.1 Å². The lowest BCUT2D eigenvalue weighted by molar-refractivity contribution is -0.386. The lowest BCUT2D eigenvalue weighted by atomic mass is 9.76. The fraction of sp³-hybridized carbons (Fsp3) is 0.267. The van der Waals surface area contributed by atoms with Crippen molar-refractivity contribution in [3.8, 4) is 0 Å². The fourth-order valence-electron chi connectivity index (χ4n) is 2.37. The van der Waals surface area contributed by atoms with Gasteiger partial charge >= 0.3 is 0 Å². The molecule has 0 aliphatic heterocycles. The van der Waals surface area contributed by atoms with Gasteiger partial charge in [0, 0.05) is 36.0 Å². The molecule has 1 aromatic carbocycles. The molecule has 2 N–H and O–H groups in total. The predicted molar refractivity (Wildman–Crippen MR) is 77.4 cm³/mol. The maximum absolute atomic E-state index is 11.2. The minimum atomic E-state index is -0.481. The van der Waals surface area contributed by atoms with Crippen molar-refractivity contribution in [3.63, 3.8) is 0 Å². The summed E-state index contributed by atoms with van der Waals surface area (Å²) in [5.41, 5.74) is 7.29. The van der Waals surface area contributed by atoms with Gasteiger partial charge in [0.25, 0.3) is 5.69 Å². The van der Waals surface area contributed by atoms with Crippen molar-refractivity contribution in [2.75, 3.05) is 6.54 Å². The summed E-state index contributed by atoms with van der Waals surface area (Å²) in [7, 11) is 0. The van der Waals surface area contributed by atoms with Crippen LogP contribution in [0.4, 0.5) is 5.69 Å². The molecular formula is C15H17N3O2. The van der Waals surface area contributed by atoms with Crippen molar-refractivity contribution < 1.29 is 4.92 Å². The number of nitrogens with two attached hydrogens (primary N) is 1. The minimum absolute atomic E-state index is 0.120. The molecule has 2 aromatic rings. The Balaban J connectivity index is 2.43. The molecule has 1 heterocycles. The number of benzene rings is 1. The average Bonchev–Trinajstić information content (AvgIpc) is 2.48. The van der Waals surface area contributed by atoms with E-state index in [1.54, 1.807) is 24.5 Å². The Morgan fingerprint density at radius 2 is 1.90 bits per heavy atom. The zero-order valence-corrected chi connectivity index (χ0v) is 11.3. The summed E-state index contributed by atoms with van der Waals surface area (Å²) in [5.74, 6) is 0. The maximum atomic E-state index is 11.2. The van der Waals surface area contributed by atoms with Gasteiger partial charge in [-0.2, -0.15) is 0 Å². The quantitative estimate of drug-likeness (QED) is 0.669. The summed E-state index contributed by atoms with van der Waals surface area (Å²) in [6.07, 6.45) is 4.06. The Hall–Kier alpha value is -2.27. The van der Waals surface area contributed by atoms with Crippen molar-refractivity contribution in [1.82, 2.24) is 4.98 Å². The van der Waals surface area contributed by atoms with Crippen LogP contribution in [0.3, 0.4) is 0 Å². The largest absolute Gasteiger partial charge is 0.330 e. The van der Waals surface area contributed by atoms with Gasteiger partial charge in [0.15, 0.2) is 0 Å². The number of nitro benzene ring substituents is 1. The first-order valence-electron chi connectivity index (χ1n) is 6.40. The van der Waals surface area contributed by atoms with Gasteiger partial charge in [0.05, 0.1) is 4.92 Å². The monoisotopic (exact) mass is 271 g/mol. The zero-order chi connectivity index (χ0) is 14.6. The molecule has 1 aromatic heterocycles. The van der Waals surface area contributed by atoms with E-state index in [1.807, 2.05) is 25.1 Å². The molecule has 0 fully saturated rings. The molecule has 0 saturated carbocycles. The number of aromatic nitrogens is 1. The molecule has 0 bridgehead atoms. The van der Waals surface area contributed by atoms with E-state index in [2.05, 4.69) is 4.98 Å². The van der Waals surface area contributed by atoms with E-state index in [4.69, 9.17) is 5.73 Å². The van der Waals surface area contributed by atoms with E-state index in [-0.39, 0.29) is 10.6 Å². The Morgan fingerprint density at radius 1 is 1.25 bits per heavy atom. The van der Waals surface area contributed by atoms with Gasteiger partial charge in [0.1, 0.15) is 0 Å². The second kappa shape index (κ2) is 5.79. The molecule has 1 atom stereocenters. The Bertz CT molecular complexity index is 601. The van der Waals surface area contributed by atoms with E-state index >= 15 is 0 Å². The molecule has 0 saturated heterocycles. The van der Waals surface area contributed by atoms with E-state index in [0.29, 0.717) is 18.5 Å². The lowest BCUT2D eigenvalue weighted by Crippen LogP contribution is -2.34. The highest BCUT2D eigenvalue weighted by molar-refractivity contribution is 5.46. The highest BCUT2D eigenvalue weighted by Gasteiger charge is 2.32. The third-order valence-corrected chi connectivity index (χ3v) is 3.55. The number of hydrogen-bond donors (Lipinski definition) is 1. The number of rotatable bonds is 5. The van der Waals surface area contributed by atoms with E-state index in [0.717, 1.165) is 5.56 Å². The smallest absolute Gasteiger partial charge is 0.273 e. The highest BCUT2D eigenvalue weighted by atomic mass is 16.6. The molecule has 1 unspecified atom stereocenters. The summed E-state index contributed by atoms with van der Waals surface area (Å²) in [6.45, 7) is 2.29. The maximum Gasteiger partial charge on any atom is 0.273 e. The average molecular weight is 271 g/mol. The Morgan fingerprint density at radius 3 is 2.50 bits per heavy atom. The van der Waals surface area contributed by atoms with Crippen molar-refractivity contribution in [1.29, 1.82) is 0 Å². The lowest BCUT2D eigenvalue weighted by Gasteiger charge is -2.28. The van der Waals surface area contributed by atoms with E-state index < -0.39 is 5.41 Å². The van der Waals surface area contributed by atoms with Crippen molar-refractivity contribution in [2.45, 2.75) is 18.8 Å². The third kappa shape index (κ3) is 2.83. The summed E-state index contributed by atoms with van der Waals surface area (Å²) in [6, 6.07) is 10.6. The van der Waals surface area contributed by atoms with Gasteiger partial charge < -0.3 is 5.73 Å². The minimum Gasteiger partial charge on any atom is -0.330 e. The van der Waals surface area contributed by atoms with Gasteiger partial charge in [-0.3, -0.25) is 15.1 Å². The van der Waals surface area contributed by atoms with Crippen LogP contribution >= 0.6 is 0 Å². The SMILES string of the molecule is CC(CN)(Cc1ccncc1)c1ccccc1[N+](=O)[O-]. The Labute approximate surface area is 117 Å². The van der Waals surface area contributed by atoms with Crippen LogP contribution in [0.15, 0.2) is 48.8 Å². The van der Waals surface area contributed by atoms with Crippen LogP contribution in [0, 0.1) is 10.1 Å². The van der Waals surface area contributed by atoms with Gasteiger partial charge in [-0.15, -0.1) is 0 Å². The van der Waals surface area contributed by atoms with Crippen LogP contribution < -0.4 is 5.73 Å². The second-order valence-electron chi connectivity index (χ2n) is 5.07. The molecule has 20 heavy (non-hydrogen) atoms. The van der Waals surface area contributed by atoms with Gasteiger partial charge in [0.2, 0.25) is 0 Å². The van der Waals surface area contributed by atoms with Crippen LogP contribution in [0.5, 0.6) is 0 Å². The summed E-state index contributed by atoms with van der Waals surface area (Å²) < 4.78 is 0. The summed E-state index contributed by atoms with van der Waals surface area (Å²) >= 11 is 0. The summed E-state index contributed by atoms with van der Waals surface area (Å²) in [4.78, 5) is 14.8. The number of nitrogens with zero attached hydrogens (tertiary/aromatic N) is 2. The molecule has 0 amide bonds. The van der Waals surface area contributed by atoms with E-state index in [1.165, 1.54) is 6.07 Å². The van der Waals surface area contributed by atoms with Gasteiger partial charge in [-0.25, -0.2) is 0 Å². The van der Waals surface area contributed by atoms with Crippen LogP contribution in [0.2, 0.25) is 0 Å². The first-order valence-corrected chi connectivity index (χ1v) is 6.40. The Kier molecular flexibility index (Phi) is 4.10. The number of hydrogen-bond acceptors (Lipinski definition) is 4. The summed E-state index contributed by atoms with van der Waals surface area (Å²) in [5, 5.41) is 11.2. The molecule has 104 valence electrons. The van der Waals surface area contributed by atoms with Crippen molar-refractivity contribution in [2.24, 2.45) is 5.73 Å². The van der Waals surface area contributed by atoms with Crippen LogP contribution in [-0.2, 0) is 11.8 Å². The topological polar surface area (TPSA) is 82.0 Å². The molecule has 5 nitrogen and oxygen atoms in total. The number of para-hydroxylation sites is 1. The van der Waals surface area contributed by atoms with Crippen LogP contribution in [0.1, 0.15) is 18.1 Å². The molecule has 0 spiro atoms. The second-order valence-corrected chi connectivity index (χ2v) is 5.07. The molecule has 0 radical (unpaired) electrons. The highest BCUT2D eigenvalue weighted by Crippen LogP contribution is 2.33. The normalized spacial score (nSPS) is 13.7. The van der Waals surface area contributed by atoms with Gasteiger partial charge in [-0.05, 0) is 24.1 Å². The standard InChI is InChI=1S/C15H17N3O2/c1-15(11-16,10-12-6-8-17-9-7-12)13-4-2-3-5-14(13)18(19)20/h2-9H,10-11,16H2,1H3. The first kappa shape index (κ1) is 14.1. The van der Waals surface area contributed by atoms with E-state index in [9.17, 15) is 10.1 Å². The van der Waals surface area contributed by atoms with Crippen molar-refractivity contribution >= 4 is 5.69 Å². The molecule has 5 heteroatoms.